The first-order valence-electron chi connectivity index (χ1n) is 25.8. The molecule has 1 aliphatic heterocycles. The second kappa shape index (κ2) is 41.7. The van der Waals surface area contributed by atoms with E-state index in [4.69, 9.17) is 14.2 Å². The molecular formula is C51H98N2O6. The fourth-order valence-corrected chi connectivity index (χ4v) is 8.68. The molecule has 1 rings (SSSR count). The van der Waals surface area contributed by atoms with Crippen molar-refractivity contribution in [3.8, 4) is 0 Å². The molecule has 1 heterocycles. The Kier molecular flexibility index (Phi) is 39.1. The van der Waals surface area contributed by atoms with E-state index in [1.54, 1.807) is 0 Å². The summed E-state index contributed by atoms with van der Waals surface area (Å²) in [5.74, 6) is 1.51. The van der Waals surface area contributed by atoms with Crippen LogP contribution in [0.4, 0.5) is 0 Å². The van der Waals surface area contributed by atoms with Crippen molar-refractivity contribution >= 4 is 17.8 Å². The second-order valence-corrected chi connectivity index (χ2v) is 18.2. The summed E-state index contributed by atoms with van der Waals surface area (Å²) in [6, 6.07) is 0.219. The van der Waals surface area contributed by atoms with Gasteiger partial charge in [-0.3, -0.25) is 19.3 Å². The van der Waals surface area contributed by atoms with Crippen LogP contribution in [-0.2, 0) is 28.6 Å². The average molecular weight is 835 g/mol. The van der Waals surface area contributed by atoms with Crippen molar-refractivity contribution in [3.63, 3.8) is 0 Å². The molecule has 348 valence electrons. The van der Waals surface area contributed by atoms with Gasteiger partial charge < -0.3 is 19.5 Å². The molecule has 0 radical (unpaired) electrons. The van der Waals surface area contributed by atoms with Crippen molar-refractivity contribution in [1.29, 1.82) is 0 Å². The lowest BCUT2D eigenvalue weighted by Crippen LogP contribution is -2.38. The van der Waals surface area contributed by atoms with Gasteiger partial charge in [0.2, 0.25) is 5.91 Å². The largest absolute Gasteiger partial charge is 0.466 e. The Labute approximate surface area is 365 Å². The smallest absolute Gasteiger partial charge is 0.305 e. The number of rotatable bonds is 43. The highest BCUT2D eigenvalue weighted by molar-refractivity contribution is 5.76. The van der Waals surface area contributed by atoms with Crippen LogP contribution in [0.3, 0.4) is 0 Å². The van der Waals surface area contributed by atoms with Gasteiger partial charge in [0.05, 0.1) is 26.4 Å². The topological polar surface area (TPSA) is 94.2 Å². The van der Waals surface area contributed by atoms with Crippen LogP contribution < -0.4 is 5.32 Å². The maximum absolute atomic E-state index is 13.0. The molecule has 59 heavy (non-hydrogen) atoms. The van der Waals surface area contributed by atoms with Crippen LogP contribution in [-0.4, -0.2) is 74.8 Å². The van der Waals surface area contributed by atoms with Gasteiger partial charge in [-0.05, 0) is 63.3 Å². The molecule has 0 unspecified atom stereocenters. The molecule has 0 saturated carbocycles. The van der Waals surface area contributed by atoms with Crippen molar-refractivity contribution in [3.05, 3.63) is 0 Å². The molecule has 1 fully saturated rings. The van der Waals surface area contributed by atoms with E-state index in [0.717, 1.165) is 129 Å². The molecule has 0 spiro atoms. The lowest BCUT2D eigenvalue weighted by atomic mass is 9.92. The molecule has 0 aliphatic carbocycles. The van der Waals surface area contributed by atoms with E-state index in [9.17, 15) is 14.4 Å². The first-order chi connectivity index (χ1) is 28.9. The molecule has 1 saturated heterocycles. The number of unbranched alkanes of at least 4 members (excludes halogenated alkanes) is 16. The van der Waals surface area contributed by atoms with Gasteiger partial charge in [-0.15, -0.1) is 0 Å². The molecule has 0 aromatic heterocycles. The normalized spacial score (nSPS) is 13.5. The Hall–Kier alpha value is -1.67. The summed E-state index contributed by atoms with van der Waals surface area (Å²) in [5.41, 5.74) is 0. The van der Waals surface area contributed by atoms with Crippen LogP contribution in [0.1, 0.15) is 246 Å². The first-order valence-corrected chi connectivity index (χ1v) is 25.8. The van der Waals surface area contributed by atoms with E-state index in [1.165, 1.54) is 103 Å². The number of carbonyl (C=O) groups is 3. The summed E-state index contributed by atoms with van der Waals surface area (Å²) in [5, 5.41) is 3.40. The maximum atomic E-state index is 13.0. The SMILES string of the molecule is CCCCCC(CCCCC)CCOC(=O)CCCCCCCC(CCCCCCCC(=O)OCCC(CCCCC)CCCCC)NC(=O)CCCN1CCOCC1. The lowest BCUT2D eigenvalue weighted by Gasteiger charge is -2.26. The monoisotopic (exact) mass is 835 g/mol. The molecule has 0 bridgehead atoms. The summed E-state index contributed by atoms with van der Waals surface area (Å²) >= 11 is 0. The number of nitrogens with one attached hydrogen (secondary N) is 1. The second-order valence-electron chi connectivity index (χ2n) is 18.2. The summed E-state index contributed by atoms with van der Waals surface area (Å²) in [4.78, 5) is 40.3. The van der Waals surface area contributed by atoms with Crippen LogP contribution in [0.15, 0.2) is 0 Å². The molecule has 0 atom stereocenters. The van der Waals surface area contributed by atoms with E-state index in [0.29, 0.717) is 44.3 Å². The number of esters is 2. The van der Waals surface area contributed by atoms with Gasteiger partial charge in [0.25, 0.3) is 0 Å². The standard InChI is InChI=1S/C51H98N2O6/c1-5-9-19-28-46(29-20-10-6-2)37-42-58-50(55)35-25-17-13-15-23-32-48(52-49(54)34-27-39-53-40-44-57-45-41-53)33-24-16-14-18-26-36-51(56)59-43-38-47(30-21-11-7-3)31-22-12-8-4/h46-48H,5-45H2,1-4H3,(H,52,54). The van der Waals surface area contributed by atoms with Crippen molar-refractivity contribution in [2.24, 2.45) is 11.8 Å². The van der Waals surface area contributed by atoms with Crippen LogP contribution in [0.2, 0.25) is 0 Å². The molecular weight excluding hydrogens is 737 g/mol. The van der Waals surface area contributed by atoms with Crippen molar-refractivity contribution in [1.82, 2.24) is 10.2 Å². The Balaban J connectivity index is 2.33. The van der Waals surface area contributed by atoms with Crippen LogP contribution in [0, 0.1) is 11.8 Å². The Morgan fingerprint density at radius 3 is 1.29 bits per heavy atom. The summed E-state index contributed by atoms with van der Waals surface area (Å²) in [6.07, 6.45) is 37.7. The van der Waals surface area contributed by atoms with Gasteiger partial charge >= 0.3 is 11.9 Å². The fraction of sp³-hybridized carbons (Fsp3) is 0.941. The van der Waals surface area contributed by atoms with E-state index in [2.05, 4.69) is 37.9 Å². The minimum absolute atomic E-state index is 0.0307. The number of hydrogen-bond acceptors (Lipinski definition) is 7. The number of ether oxygens (including phenoxy) is 3. The highest BCUT2D eigenvalue weighted by Crippen LogP contribution is 2.23. The first kappa shape index (κ1) is 55.3. The number of morpholine rings is 1. The number of nitrogens with zero attached hydrogens (tertiary/aromatic N) is 1. The number of amides is 1. The zero-order valence-corrected chi connectivity index (χ0v) is 39.6. The van der Waals surface area contributed by atoms with Crippen molar-refractivity contribution < 1.29 is 28.6 Å². The summed E-state index contributed by atoms with van der Waals surface area (Å²) < 4.78 is 16.8. The quantitative estimate of drug-likeness (QED) is 0.0483. The molecule has 0 aromatic carbocycles. The van der Waals surface area contributed by atoms with Crippen molar-refractivity contribution in [2.45, 2.75) is 252 Å². The Morgan fingerprint density at radius 2 is 0.864 bits per heavy atom. The molecule has 1 amide bonds. The number of carbonyl (C=O) groups excluding carboxylic acids is 3. The average Bonchev–Trinajstić information content (AvgIpc) is 3.23. The molecule has 8 nitrogen and oxygen atoms in total. The minimum atomic E-state index is -0.0307. The van der Waals surface area contributed by atoms with E-state index in [1.807, 2.05) is 0 Å². The van der Waals surface area contributed by atoms with Crippen LogP contribution in [0.5, 0.6) is 0 Å². The minimum Gasteiger partial charge on any atom is -0.466 e. The molecule has 8 heteroatoms. The van der Waals surface area contributed by atoms with Gasteiger partial charge in [0.1, 0.15) is 0 Å². The highest BCUT2D eigenvalue weighted by atomic mass is 16.5. The van der Waals surface area contributed by atoms with Crippen LogP contribution >= 0.6 is 0 Å². The van der Waals surface area contributed by atoms with Gasteiger partial charge in [0, 0.05) is 38.4 Å². The summed E-state index contributed by atoms with van der Waals surface area (Å²) in [7, 11) is 0. The summed E-state index contributed by atoms with van der Waals surface area (Å²) in [6.45, 7) is 14.7. The van der Waals surface area contributed by atoms with Gasteiger partial charge in [-0.25, -0.2) is 0 Å². The molecule has 1 aliphatic rings. The molecule has 1 N–H and O–H groups in total. The third-order valence-corrected chi connectivity index (χ3v) is 12.7. The Morgan fingerprint density at radius 1 is 0.475 bits per heavy atom. The van der Waals surface area contributed by atoms with Gasteiger partial charge in [-0.1, -0.05) is 182 Å². The van der Waals surface area contributed by atoms with E-state index >= 15 is 0 Å². The van der Waals surface area contributed by atoms with E-state index in [-0.39, 0.29) is 23.9 Å². The predicted octanol–water partition coefficient (Wildman–Crippen LogP) is 13.5. The highest BCUT2D eigenvalue weighted by Gasteiger charge is 2.16. The van der Waals surface area contributed by atoms with Gasteiger partial charge in [-0.2, -0.15) is 0 Å². The zero-order valence-electron chi connectivity index (χ0n) is 39.6. The fourth-order valence-electron chi connectivity index (χ4n) is 8.68. The van der Waals surface area contributed by atoms with E-state index < -0.39 is 0 Å². The number of hydrogen-bond donors (Lipinski definition) is 1. The Bertz CT molecular complexity index is 881. The third-order valence-electron chi connectivity index (χ3n) is 12.7. The van der Waals surface area contributed by atoms with Crippen LogP contribution in [0.25, 0.3) is 0 Å². The maximum Gasteiger partial charge on any atom is 0.305 e. The zero-order chi connectivity index (χ0) is 42.9. The third kappa shape index (κ3) is 35.6. The van der Waals surface area contributed by atoms with Gasteiger partial charge in [0.15, 0.2) is 0 Å². The van der Waals surface area contributed by atoms with Crippen molar-refractivity contribution in [2.75, 3.05) is 46.1 Å². The lowest BCUT2D eigenvalue weighted by molar-refractivity contribution is -0.145. The molecule has 0 aromatic rings. The predicted molar refractivity (Wildman–Crippen MR) is 248 cm³/mol.